The number of likely N-dealkylation sites (tertiary alicyclic amines) is 2. The molecule has 0 aromatic carbocycles. The first-order chi connectivity index (χ1) is 12.7. The highest BCUT2D eigenvalue weighted by Crippen LogP contribution is 2.23. The first-order valence-corrected chi connectivity index (χ1v) is 11.9. The Kier molecular flexibility index (Phi) is 8.10. The van der Waals surface area contributed by atoms with E-state index in [1.54, 1.807) is 0 Å². The predicted octanol–water partition coefficient (Wildman–Crippen LogP) is 1.74. The second kappa shape index (κ2) is 10.3. The highest BCUT2D eigenvalue weighted by molar-refractivity contribution is 7.99. The predicted molar refractivity (Wildman–Crippen MR) is 111 cm³/mol. The van der Waals surface area contributed by atoms with Crippen LogP contribution in [0, 0.1) is 5.92 Å². The minimum atomic E-state index is 0.387. The van der Waals surface area contributed by atoms with Gasteiger partial charge in [0, 0.05) is 17.8 Å². The van der Waals surface area contributed by atoms with Crippen molar-refractivity contribution in [1.29, 1.82) is 0 Å². The van der Waals surface area contributed by atoms with Crippen LogP contribution in [-0.4, -0.2) is 97.6 Å². The summed E-state index contributed by atoms with van der Waals surface area (Å²) < 4.78 is 0. The van der Waals surface area contributed by atoms with Gasteiger partial charge in [0.05, 0.1) is 6.54 Å². The van der Waals surface area contributed by atoms with Crippen molar-refractivity contribution in [2.45, 2.75) is 49.8 Å². The number of hydrogen-bond acceptors (Lipinski definition) is 5. The molecule has 6 heteroatoms. The van der Waals surface area contributed by atoms with Gasteiger partial charge in [0.2, 0.25) is 5.91 Å². The highest BCUT2D eigenvalue weighted by Gasteiger charge is 2.30. The minimum absolute atomic E-state index is 0.387. The van der Waals surface area contributed by atoms with E-state index in [0.29, 0.717) is 24.4 Å². The number of hydrogen-bond donors (Lipinski definition) is 1. The summed E-state index contributed by atoms with van der Waals surface area (Å²) in [6, 6.07) is 0.451. The summed E-state index contributed by atoms with van der Waals surface area (Å²) >= 11 is 1.99. The Hall–Kier alpha value is -0.300. The van der Waals surface area contributed by atoms with Gasteiger partial charge < -0.3 is 15.1 Å². The van der Waals surface area contributed by atoms with Crippen LogP contribution in [0.25, 0.3) is 0 Å². The maximum atomic E-state index is 13.2. The summed E-state index contributed by atoms with van der Waals surface area (Å²) in [5.74, 6) is 1.07. The molecule has 150 valence electrons. The first-order valence-electron chi connectivity index (χ1n) is 10.6. The molecule has 0 bridgehead atoms. The van der Waals surface area contributed by atoms with E-state index in [1.165, 1.54) is 38.8 Å². The van der Waals surface area contributed by atoms with Gasteiger partial charge in [0.15, 0.2) is 0 Å². The summed E-state index contributed by atoms with van der Waals surface area (Å²) in [5.41, 5.74) is 0. The number of carbonyl (C=O) groups excluding carboxylic acids is 1. The molecule has 3 aliphatic rings. The molecule has 0 spiro atoms. The van der Waals surface area contributed by atoms with Crippen LogP contribution in [0.2, 0.25) is 0 Å². The maximum absolute atomic E-state index is 13.2. The van der Waals surface area contributed by atoms with Crippen LogP contribution < -0.4 is 5.32 Å². The average molecular weight is 383 g/mol. The van der Waals surface area contributed by atoms with Crippen LogP contribution in [0.4, 0.5) is 0 Å². The van der Waals surface area contributed by atoms with Crippen molar-refractivity contribution in [1.82, 2.24) is 20.0 Å². The first kappa shape index (κ1) is 20.4. The number of piperidine rings is 3. The monoisotopic (exact) mass is 382 g/mol. The van der Waals surface area contributed by atoms with E-state index in [2.05, 4.69) is 33.3 Å². The molecular weight excluding hydrogens is 344 g/mol. The van der Waals surface area contributed by atoms with Gasteiger partial charge in [-0.05, 0) is 97.0 Å². The summed E-state index contributed by atoms with van der Waals surface area (Å²) in [5, 5.41) is 4.25. The Morgan fingerprint density at radius 1 is 1.04 bits per heavy atom. The number of carbonyl (C=O) groups is 1. The van der Waals surface area contributed by atoms with Gasteiger partial charge in [-0.2, -0.15) is 11.8 Å². The molecule has 1 amide bonds. The topological polar surface area (TPSA) is 38.8 Å². The quantitative estimate of drug-likeness (QED) is 0.758. The summed E-state index contributed by atoms with van der Waals surface area (Å²) in [4.78, 5) is 20.4. The fourth-order valence-electron chi connectivity index (χ4n) is 4.68. The van der Waals surface area contributed by atoms with Crippen LogP contribution >= 0.6 is 11.8 Å². The van der Waals surface area contributed by atoms with Gasteiger partial charge in [-0.25, -0.2) is 0 Å². The molecule has 3 aliphatic heterocycles. The zero-order valence-electron chi connectivity index (χ0n) is 16.8. The molecular formula is C20H38N4OS. The smallest absolute Gasteiger partial charge is 0.237 e. The minimum Gasteiger partial charge on any atom is -0.338 e. The number of rotatable bonds is 6. The molecule has 3 rings (SSSR count). The molecule has 0 unspecified atom stereocenters. The third kappa shape index (κ3) is 5.85. The molecule has 26 heavy (non-hydrogen) atoms. The van der Waals surface area contributed by atoms with Gasteiger partial charge in [-0.15, -0.1) is 0 Å². The molecule has 3 fully saturated rings. The van der Waals surface area contributed by atoms with Crippen molar-refractivity contribution in [2.75, 3.05) is 65.7 Å². The Balaban J connectivity index is 1.56. The SMILES string of the molecule is CSC1CCN(CC(=O)N(CC2CCN(C)CC2)C2CCNCC2)CC1. The van der Waals surface area contributed by atoms with E-state index in [-0.39, 0.29) is 0 Å². The molecule has 3 saturated heterocycles. The molecule has 0 radical (unpaired) electrons. The van der Waals surface area contributed by atoms with Crippen LogP contribution in [0.3, 0.4) is 0 Å². The summed E-state index contributed by atoms with van der Waals surface area (Å²) in [6.45, 7) is 8.28. The maximum Gasteiger partial charge on any atom is 0.237 e. The molecule has 0 saturated carbocycles. The largest absolute Gasteiger partial charge is 0.338 e. The number of thioether (sulfide) groups is 1. The Bertz CT molecular complexity index is 428. The fraction of sp³-hybridized carbons (Fsp3) is 0.950. The molecule has 1 N–H and O–H groups in total. The average Bonchev–Trinajstić information content (AvgIpc) is 2.68. The van der Waals surface area contributed by atoms with Gasteiger partial charge in [-0.1, -0.05) is 0 Å². The molecule has 0 atom stereocenters. The Morgan fingerprint density at radius 3 is 2.31 bits per heavy atom. The number of amides is 1. The lowest BCUT2D eigenvalue weighted by atomic mass is 9.94. The van der Waals surface area contributed by atoms with Crippen LogP contribution in [0.15, 0.2) is 0 Å². The standard InChI is InChI=1S/C20H38N4OS/c1-22-11-5-17(6-12-22)15-24(18-3-9-21-10-4-18)20(25)16-23-13-7-19(26-2)8-14-23/h17-19,21H,3-16H2,1-2H3. The van der Waals surface area contributed by atoms with E-state index in [1.807, 2.05) is 11.8 Å². The highest BCUT2D eigenvalue weighted by atomic mass is 32.2. The lowest BCUT2D eigenvalue weighted by Gasteiger charge is -2.40. The van der Waals surface area contributed by atoms with E-state index >= 15 is 0 Å². The molecule has 3 heterocycles. The molecule has 0 aromatic heterocycles. The van der Waals surface area contributed by atoms with Crippen molar-refractivity contribution < 1.29 is 4.79 Å². The van der Waals surface area contributed by atoms with Gasteiger partial charge in [-0.3, -0.25) is 9.69 Å². The van der Waals surface area contributed by atoms with Crippen molar-refractivity contribution in [2.24, 2.45) is 5.92 Å². The Morgan fingerprint density at radius 2 is 1.69 bits per heavy atom. The lowest BCUT2D eigenvalue weighted by molar-refractivity contribution is -0.136. The second-order valence-corrected chi connectivity index (χ2v) is 9.62. The van der Waals surface area contributed by atoms with Crippen molar-refractivity contribution >= 4 is 17.7 Å². The van der Waals surface area contributed by atoms with Crippen molar-refractivity contribution in [3.63, 3.8) is 0 Å². The van der Waals surface area contributed by atoms with E-state index < -0.39 is 0 Å². The van der Waals surface area contributed by atoms with E-state index in [0.717, 1.165) is 50.8 Å². The third-order valence-corrected chi connectivity index (χ3v) is 7.73. The molecule has 0 aromatic rings. The zero-order valence-corrected chi connectivity index (χ0v) is 17.6. The van der Waals surface area contributed by atoms with Crippen molar-refractivity contribution in [3.05, 3.63) is 0 Å². The van der Waals surface area contributed by atoms with Crippen LogP contribution in [0.1, 0.15) is 38.5 Å². The zero-order chi connectivity index (χ0) is 18.4. The fourth-order valence-corrected chi connectivity index (χ4v) is 5.36. The number of nitrogens with zero attached hydrogens (tertiary/aromatic N) is 3. The van der Waals surface area contributed by atoms with Crippen LogP contribution in [-0.2, 0) is 4.79 Å². The van der Waals surface area contributed by atoms with Crippen LogP contribution in [0.5, 0.6) is 0 Å². The van der Waals surface area contributed by atoms with Crippen molar-refractivity contribution in [3.8, 4) is 0 Å². The van der Waals surface area contributed by atoms with E-state index in [4.69, 9.17) is 0 Å². The summed E-state index contributed by atoms with van der Waals surface area (Å²) in [6.07, 6.45) is 9.40. The Labute approximate surface area is 164 Å². The molecule has 5 nitrogen and oxygen atoms in total. The van der Waals surface area contributed by atoms with Gasteiger partial charge in [0.25, 0.3) is 0 Å². The normalized spacial score (nSPS) is 25.5. The molecule has 0 aliphatic carbocycles. The lowest BCUT2D eigenvalue weighted by Crippen LogP contribution is -2.52. The van der Waals surface area contributed by atoms with Gasteiger partial charge >= 0.3 is 0 Å². The summed E-state index contributed by atoms with van der Waals surface area (Å²) in [7, 11) is 2.21. The van der Waals surface area contributed by atoms with E-state index in [9.17, 15) is 4.79 Å². The third-order valence-electron chi connectivity index (χ3n) is 6.59. The van der Waals surface area contributed by atoms with Gasteiger partial charge in [0.1, 0.15) is 0 Å². The second-order valence-electron chi connectivity index (χ2n) is 8.49. The number of nitrogens with one attached hydrogen (secondary N) is 1.